The molecule has 0 radical (unpaired) electrons. The highest BCUT2D eigenvalue weighted by atomic mass is 16.2. The Morgan fingerprint density at radius 1 is 1.08 bits per heavy atom. The van der Waals surface area contributed by atoms with Crippen LogP contribution in [0.3, 0.4) is 0 Å². The number of benzene rings is 2. The molecule has 2 amide bonds. The molecular weight excluding hydrogens is 300 g/mol. The van der Waals surface area contributed by atoms with Crippen LogP contribution in [0.4, 0.5) is 5.69 Å². The van der Waals surface area contributed by atoms with Gasteiger partial charge in [0.25, 0.3) is 5.91 Å². The zero-order valence-electron chi connectivity index (χ0n) is 13.8. The molecule has 0 spiro atoms. The highest BCUT2D eigenvalue weighted by Gasteiger charge is 2.24. The van der Waals surface area contributed by atoms with Gasteiger partial charge in [0.2, 0.25) is 5.91 Å². The quantitative estimate of drug-likeness (QED) is 0.852. The predicted molar refractivity (Wildman–Crippen MR) is 95.0 cm³/mol. The molecule has 24 heavy (non-hydrogen) atoms. The van der Waals surface area contributed by atoms with Gasteiger partial charge in [0.1, 0.15) is 0 Å². The minimum absolute atomic E-state index is 0.0524. The van der Waals surface area contributed by atoms with Gasteiger partial charge in [-0.25, -0.2) is 0 Å². The Balaban J connectivity index is 1.70. The molecule has 1 saturated carbocycles. The van der Waals surface area contributed by atoms with Gasteiger partial charge in [-0.1, -0.05) is 43.3 Å². The molecule has 1 fully saturated rings. The van der Waals surface area contributed by atoms with Crippen LogP contribution in [0, 0.1) is 0 Å². The lowest BCUT2D eigenvalue weighted by molar-refractivity contribution is -0.117. The topological polar surface area (TPSA) is 58.2 Å². The van der Waals surface area contributed by atoms with Crippen LogP contribution in [0.1, 0.15) is 48.0 Å². The van der Waals surface area contributed by atoms with Gasteiger partial charge >= 0.3 is 0 Å². The van der Waals surface area contributed by atoms with Crippen molar-refractivity contribution in [3.8, 4) is 0 Å². The molecule has 1 atom stereocenters. The molecule has 0 aliphatic heterocycles. The van der Waals surface area contributed by atoms with Crippen LogP contribution in [0.5, 0.6) is 0 Å². The largest absolute Gasteiger partial charge is 0.349 e. The molecule has 2 N–H and O–H groups in total. The van der Waals surface area contributed by atoms with Crippen LogP contribution in [-0.2, 0) is 4.79 Å². The van der Waals surface area contributed by atoms with Crippen molar-refractivity contribution >= 4 is 17.5 Å². The molecule has 0 bridgehead atoms. The lowest BCUT2D eigenvalue weighted by Gasteiger charge is -2.16. The van der Waals surface area contributed by atoms with Crippen molar-refractivity contribution < 1.29 is 9.59 Å². The molecule has 1 aliphatic carbocycles. The Hall–Kier alpha value is -2.62. The van der Waals surface area contributed by atoms with E-state index in [0.29, 0.717) is 17.3 Å². The lowest BCUT2D eigenvalue weighted by Crippen LogP contribution is -2.25. The van der Waals surface area contributed by atoms with E-state index in [1.165, 1.54) is 0 Å². The van der Waals surface area contributed by atoms with E-state index in [4.69, 9.17) is 0 Å². The smallest absolute Gasteiger partial charge is 0.251 e. The molecule has 124 valence electrons. The van der Waals surface area contributed by atoms with Gasteiger partial charge in [0.05, 0.1) is 5.92 Å². The number of hydrogen-bond acceptors (Lipinski definition) is 2. The third-order valence-corrected chi connectivity index (χ3v) is 4.23. The molecule has 4 heteroatoms. The maximum absolute atomic E-state index is 12.6. The number of rotatable bonds is 6. The van der Waals surface area contributed by atoms with E-state index >= 15 is 0 Å². The Labute approximate surface area is 142 Å². The van der Waals surface area contributed by atoms with E-state index in [2.05, 4.69) is 10.6 Å². The number of anilines is 1. The zero-order chi connectivity index (χ0) is 16.9. The number of amides is 2. The first-order valence-electron chi connectivity index (χ1n) is 8.44. The average Bonchev–Trinajstić information content (AvgIpc) is 3.41. The van der Waals surface area contributed by atoms with Crippen molar-refractivity contribution in [1.82, 2.24) is 5.32 Å². The van der Waals surface area contributed by atoms with E-state index in [-0.39, 0.29) is 17.7 Å². The minimum atomic E-state index is -0.199. The second-order valence-corrected chi connectivity index (χ2v) is 6.19. The summed E-state index contributed by atoms with van der Waals surface area (Å²) in [5.41, 5.74) is 2.23. The molecule has 0 unspecified atom stereocenters. The number of nitrogens with one attached hydrogen (secondary N) is 2. The highest BCUT2D eigenvalue weighted by molar-refractivity contribution is 5.99. The van der Waals surface area contributed by atoms with Crippen molar-refractivity contribution in [3.63, 3.8) is 0 Å². The molecule has 4 nitrogen and oxygen atoms in total. The van der Waals surface area contributed by atoms with Crippen LogP contribution in [0.25, 0.3) is 0 Å². The summed E-state index contributed by atoms with van der Waals surface area (Å²) < 4.78 is 0. The average molecular weight is 322 g/mol. The van der Waals surface area contributed by atoms with Crippen molar-refractivity contribution in [2.45, 2.75) is 38.1 Å². The molecule has 0 heterocycles. The van der Waals surface area contributed by atoms with Gasteiger partial charge in [-0.2, -0.15) is 0 Å². The van der Waals surface area contributed by atoms with E-state index < -0.39 is 0 Å². The van der Waals surface area contributed by atoms with Gasteiger partial charge in [0, 0.05) is 17.3 Å². The Kier molecular flexibility index (Phi) is 4.94. The van der Waals surface area contributed by atoms with Crippen LogP contribution in [0.2, 0.25) is 0 Å². The van der Waals surface area contributed by atoms with E-state index in [0.717, 1.165) is 24.8 Å². The van der Waals surface area contributed by atoms with Crippen molar-refractivity contribution in [2.75, 3.05) is 5.32 Å². The van der Waals surface area contributed by atoms with Crippen molar-refractivity contribution in [2.24, 2.45) is 0 Å². The van der Waals surface area contributed by atoms with Crippen LogP contribution < -0.4 is 10.6 Å². The summed E-state index contributed by atoms with van der Waals surface area (Å²) in [6.07, 6.45) is 2.83. The lowest BCUT2D eigenvalue weighted by atomic mass is 9.95. The van der Waals surface area contributed by atoms with E-state index in [1.807, 2.05) is 43.3 Å². The van der Waals surface area contributed by atoms with Crippen molar-refractivity contribution in [3.05, 3.63) is 65.7 Å². The van der Waals surface area contributed by atoms with Crippen LogP contribution >= 0.6 is 0 Å². The fourth-order valence-corrected chi connectivity index (χ4v) is 2.72. The van der Waals surface area contributed by atoms with E-state index in [9.17, 15) is 9.59 Å². The molecule has 2 aromatic carbocycles. The molecule has 3 rings (SSSR count). The SMILES string of the molecule is CC[C@H](C(=O)Nc1cccc(C(=O)NC2CC2)c1)c1ccccc1. The molecule has 1 aliphatic rings. The first-order valence-corrected chi connectivity index (χ1v) is 8.44. The number of carbonyl (C=O) groups is 2. The Morgan fingerprint density at radius 3 is 2.50 bits per heavy atom. The van der Waals surface area contributed by atoms with Crippen LogP contribution in [0.15, 0.2) is 54.6 Å². The van der Waals surface area contributed by atoms with Gasteiger partial charge in [0.15, 0.2) is 0 Å². The Morgan fingerprint density at radius 2 is 1.83 bits per heavy atom. The van der Waals surface area contributed by atoms with Gasteiger partial charge in [-0.15, -0.1) is 0 Å². The van der Waals surface area contributed by atoms with Gasteiger partial charge < -0.3 is 10.6 Å². The summed E-state index contributed by atoms with van der Waals surface area (Å²) in [6, 6.07) is 17.2. The molecular formula is C20H22N2O2. The number of carbonyl (C=O) groups excluding carboxylic acids is 2. The predicted octanol–water partition coefficient (Wildman–Crippen LogP) is 3.71. The maximum Gasteiger partial charge on any atom is 0.251 e. The Bertz CT molecular complexity index is 723. The first-order chi connectivity index (χ1) is 11.7. The second kappa shape index (κ2) is 7.30. The molecule has 0 saturated heterocycles. The summed E-state index contributed by atoms with van der Waals surface area (Å²) in [6.45, 7) is 2.00. The second-order valence-electron chi connectivity index (χ2n) is 6.19. The normalized spacial score (nSPS) is 14.7. The van der Waals surface area contributed by atoms with E-state index in [1.54, 1.807) is 18.2 Å². The first kappa shape index (κ1) is 16.2. The van der Waals surface area contributed by atoms with Crippen LogP contribution in [-0.4, -0.2) is 17.9 Å². The van der Waals surface area contributed by atoms with Gasteiger partial charge in [-0.3, -0.25) is 9.59 Å². The summed E-state index contributed by atoms with van der Waals surface area (Å²) >= 11 is 0. The minimum Gasteiger partial charge on any atom is -0.349 e. The fraction of sp³-hybridized carbons (Fsp3) is 0.300. The summed E-state index contributed by atoms with van der Waals surface area (Å²) in [5, 5.41) is 5.90. The van der Waals surface area contributed by atoms with Gasteiger partial charge in [-0.05, 0) is 43.0 Å². The summed E-state index contributed by atoms with van der Waals surface area (Å²) in [7, 11) is 0. The molecule has 2 aromatic rings. The third-order valence-electron chi connectivity index (χ3n) is 4.23. The maximum atomic E-state index is 12.6. The zero-order valence-corrected chi connectivity index (χ0v) is 13.8. The fourth-order valence-electron chi connectivity index (χ4n) is 2.72. The van der Waals surface area contributed by atoms with Crippen molar-refractivity contribution in [1.29, 1.82) is 0 Å². The third kappa shape index (κ3) is 4.02. The molecule has 0 aromatic heterocycles. The monoisotopic (exact) mass is 322 g/mol. The standard InChI is InChI=1S/C20H22N2O2/c1-2-18(14-7-4-3-5-8-14)20(24)22-17-10-6-9-15(13-17)19(23)21-16-11-12-16/h3-10,13,16,18H,2,11-12H2,1H3,(H,21,23)(H,22,24)/t18-/m0/s1. The number of hydrogen-bond donors (Lipinski definition) is 2. The summed E-state index contributed by atoms with van der Waals surface area (Å²) in [4.78, 5) is 24.7. The highest BCUT2D eigenvalue weighted by Crippen LogP contribution is 2.23. The summed E-state index contributed by atoms with van der Waals surface area (Å²) in [5.74, 6) is -0.331.